The Balaban J connectivity index is 1.31. The molecule has 0 amide bonds. The molecule has 0 N–H and O–H groups in total. The second kappa shape index (κ2) is 7.67. The van der Waals surface area contributed by atoms with Gasteiger partial charge in [0.25, 0.3) is 0 Å². The third-order valence-corrected chi connectivity index (χ3v) is 5.47. The molecule has 0 bridgehead atoms. The van der Waals surface area contributed by atoms with E-state index in [4.69, 9.17) is 4.42 Å². The summed E-state index contributed by atoms with van der Waals surface area (Å²) in [5, 5.41) is 0. The monoisotopic (exact) mass is 343 g/mol. The van der Waals surface area contributed by atoms with Gasteiger partial charge in [0, 0.05) is 31.2 Å². The van der Waals surface area contributed by atoms with Crippen LogP contribution in [0, 0.1) is 5.82 Å². The highest BCUT2D eigenvalue weighted by molar-refractivity contribution is 5.52. The molecule has 2 saturated heterocycles. The molecule has 0 aliphatic carbocycles. The van der Waals surface area contributed by atoms with Gasteiger partial charge in [-0.05, 0) is 57.0 Å². The summed E-state index contributed by atoms with van der Waals surface area (Å²) in [5.41, 5.74) is 1.62. The Morgan fingerprint density at radius 2 is 1.88 bits per heavy atom. The minimum Gasteiger partial charge on any atom is -0.444 e. The number of hydrogen-bond acceptors (Lipinski definition) is 4. The summed E-state index contributed by atoms with van der Waals surface area (Å²) in [4.78, 5) is 9.68. The molecule has 1 aromatic heterocycles. The average molecular weight is 343 g/mol. The van der Waals surface area contributed by atoms with E-state index < -0.39 is 0 Å². The number of piperidine rings is 2. The van der Waals surface area contributed by atoms with Crippen molar-refractivity contribution in [1.82, 2.24) is 14.8 Å². The molecular weight excluding hydrogens is 317 g/mol. The highest BCUT2D eigenvalue weighted by Gasteiger charge is 2.25. The zero-order valence-corrected chi connectivity index (χ0v) is 14.7. The summed E-state index contributed by atoms with van der Waals surface area (Å²) in [6, 6.07) is 7.15. The van der Waals surface area contributed by atoms with Crippen LogP contribution in [-0.4, -0.2) is 47.0 Å². The number of rotatable bonds is 4. The summed E-state index contributed by atoms with van der Waals surface area (Å²) in [6.07, 6.45) is 8.32. The molecule has 3 heterocycles. The number of halogens is 1. The van der Waals surface area contributed by atoms with Gasteiger partial charge in [0.2, 0.25) is 5.89 Å². The Bertz CT molecular complexity index is 688. The van der Waals surface area contributed by atoms with Gasteiger partial charge in [-0.25, -0.2) is 9.37 Å². The van der Waals surface area contributed by atoms with Gasteiger partial charge >= 0.3 is 0 Å². The van der Waals surface area contributed by atoms with Crippen molar-refractivity contribution in [2.75, 3.05) is 26.2 Å². The van der Waals surface area contributed by atoms with Crippen molar-refractivity contribution in [1.29, 1.82) is 0 Å². The van der Waals surface area contributed by atoms with Crippen molar-refractivity contribution in [3.63, 3.8) is 0 Å². The number of aromatic nitrogens is 1. The zero-order valence-electron chi connectivity index (χ0n) is 14.7. The van der Waals surface area contributed by atoms with E-state index in [1.165, 1.54) is 57.3 Å². The Morgan fingerprint density at radius 3 is 2.64 bits per heavy atom. The fraction of sp³-hybridized carbons (Fsp3) is 0.550. The van der Waals surface area contributed by atoms with E-state index in [0.29, 0.717) is 11.5 Å². The van der Waals surface area contributed by atoms with E-state index in [0.717, 1.165) is 31.4 Å². The SMILES string of the molecule is Fc1cccc(-c2nc(CN3CCC(N4CCCCC4)CC3)co2)c1. The molecule has 2 aliphatic rings. The van der Waals surface area contributed by atoms with Crippen LogP contribution in [0.3, 0.4) is 0 Å². The van der Waals surface area contributed by atoms with Crippen LogP contribution in [0.1, 0.15) is 37.8 Å². The molecule has 0 saturated carbocycles. The molecule has 5 heteroatoms. The highest BCUT2D eigenvalue weighted by atomic mass is 19.1. The van der Waals surface area contributed by atoms with E-state index in [1.54, 1.807) is 12.3 Å². The fourth-order valence-electron chi connectivity index (χ4n) is 4.09. The van der Waals surface area contributed by atoms with E-state index in [1.807, 2.05) is 6.07 Å². The first kappa shape index (κ1) is 16.7. The molecule has 0 spiro atoms. The molecule has 0 atom stereocenters. The van der Waals surface area contributed by atoms with Crippen LogP contribution in [0.5, 0.6) is 0 Å². The number of nitrogens with zero attached hydrogens (tertiary/aromatic N) is 3. The van der Waals surface area contributed by atoms with Crippen LogP contribution < -0.4 is 0 Å². The quantitative estimate of drug-likeness (QED) is 0.842. The van der Waals surface area contributed by atoms with Crippen molar-refractivity contribution in [3.05, 3.63) is 42.0 Å². The Labute approximate surface area is 148 Å². The lowest BCUT2D eigenvalue weighted by Gasteiger charge is -2.40. The largest absolute Gasteiger partial charge is 0.444 e. The smallest absolute Gasteiger partial charge is 0.226 e. The molecule has 1 aromatic carbocycles. The normalized spacial score (nSPS) is 20.8. The van der Waals surface area contributed by atoms with Crippen molar-refractivity contribution >= 4 is 0 Å². The van der Waals surface area contributed by atoms with Gasteiger partial charge < -0.3 is 9.32 Å². The van der Waals surface area contributed by atoms with E-state index in [9.17, 15) is 4.39 Å². The van der Waals surface area contributed by atoms with Gasteiger partial charge in [-0.15, -0.1) is 0 Å². The molecule has 2 aromatic rings. The predicted molar refractivity (Wildman–Crippen MR) is 95.6 cm³/mol. The number of likely N-dealkylation sites (tertiary alicyclic amines) is 2. The molecular formula is C20H26FN3O. The van der Waals surface area contributed by atoms with E-state index >= 15 is 0 Å². The van der Waals surface area contributed by atoms with Crippen LogP contribution in [0.25, 0.3) is 11.5 Å². The van der Waals surface area contributed by atoms with Gasteiger partial charge in [0.05, 0.1) is 5.69 Å². The summed E-state index contributed by atoms with van der Waals surface area (Å²) < 4.78 is 18.9. The maximum atomic E-state index is 13.3. The summed E-state index contributed by atoms with van der Waals surface area (Å²) in [5.74, 6) is 0.231. The third kappa shape index (κ3) is 4.10. The van der Waals surface area contributed by atoms with Gasteiger partial charge in [0.1, 0.15) is 12.1 Å². The van der Waals surface area contributed by atoms with Crippen LogP contribution >= 0.6 is 0 Å². The van der Waals surface area contributed by atoms with Gasteiger partial charge in [-0.1, -0.05) is 12.5 Å². The summed E-state index contributed by atoms with van der Waals surface area (Å²) >= 11 is 0. The molecule has 2 aliphatic heterocycles. The lowest BCUT2D eigenvalue weighted by atomic mass is 10.00. The average Bonchev–Trinajstić information content (AvgIpc) is 3.12. The lowest BCUT2D eigenvalue weighted by molar-refractivity contribution is 0.0891. The first-order valence-electron chi connectivity index (χ1n) is 9.45. The molecule has 0 radical (unpaired) electrons. The summed E-state index contributed by atoms with van der Waals surface area (Å²) in [7, 11) is 0. The predicted octanol–water partition coefficient (Wildman–Crippen LogP) is 3.93. The first-order chi connectivity index (χ1) is 12.3. The van der Waals surface area contributed by atoms with Gasteiger partial charge in [0.15, 0.2) is 0 Å². The van der Waals surface area contributed by atoms with Crippen LogP contribution in [0.15, 0.2) is 34.9 Å². The van der Waals surface area contributed by atoms with Crippen LogP contribution in [0.4, 0.5) is 4.39 Å². The molecule has 0 unspecified atom stereocenters. The van der Waals surface area contributed by atoms with Crippen molar-refractivity contribution in [2.24, 2.45) is 0 Å². The Kier molecular flexibility index (Phi) is 5.13. The second-order valence-corrected chi connectivity index (χ2v) is 7.26. The van der Waals surface area contributed by atoms with Crippen molar-refractivity contribution < 1.29 is 8.81 Å². The second-order valence-electron chi connectivity index (χ2n) is 7.26. The molecule has 134 valence electrons. The third-order valence-electron chi connectivity index (χ3n) is 5.47. The maximum Gasteiger partial charge on any atom is 0.226 e. The minimum atomic E-state index is -0.267. The standard InChI is InChI=1S/C20H26FN3O/c21-17-6-4-5-16(13-17)20-22-18(15-25-20)14-23-11-7-19(8-12-23)24-9-2-1-3-10-24/h4-6,13,15,19H,1-3,7-12,14H2. The Hall–Kier alpha value is -1.72. The number of oxazole rings is 1. The maximum absolute atomic E-state index is 13.3. The summed E-state index contributed by atoms with van der Waals surface area (Å²) in [6.45, 7) is 5.61. The Morgan fingerprint density at radius 1 is 1.08 bits per heavy atom. The van der Waals surface area contributed by atoms with Gasteiger partial charge in [-0.2, -0.15) is 0 Å². The first-order valence-corrected chi connectivity index (χ1v) is 9.45. The molecule has 4 nitrogen and oxygen atoms in total. The highest BCUT2D eigenvalue weighted by Crippen LogP contribution is 2.23. The number of benzene rings is 1. The number of hydrogen-bond donors (Lipinski definition) is 0. The fourth-order valence-corrected chi connectivity index (χ4v) is 4.09. The van der Waals surface area contributed by atoms with E-state index in [2.05, 4.69) is 14.8 Å². The van der Waals surface area contributed by atoms with Crippen molar-refractivity contribution in [2.45, 2.75) is 44.7 Å². The lowest BCUT2D eigenvalue weighted by Crippen LogP contribution is -2.46. The minimum absolute atomic E-state index is 0.267. The molecule has 25 heavy (non-hydrogen) atoms. The van der Waals surface area contributed by atoms with Crippen LogP contribution in [0.2, 0.25) is 0 Å². The molecule has 2 fully saturated rings. The zero-order chi connectivity index (χ0) is 17.1. The van der Waals surface area contributed by atoms with E-state index in [-0.39, 0.29) is 5.82 Å². The van der Waals surface area contributed by atoms with Crippen LogP contribution in [-0.2, 0) is 6.54 Å². The molecule has 4 rings (SSSR count). The van der Waals surface area contributed by atoms with Crippen molar-refractivity contribution in [3.8, 4) is 11.5 Å². The topological polar surface area (TPSA) is 32.5 Å². The van der Waals surface area contributed by atoms with Gasteiger partial charge in [-0.3, -0.25) is 4.90 Å².